The normalized spacial score (nSPS) is 10.8. The largest absolute Gasteiger partial charge is 0.486 e. The maximum Gasteiger partial charge on any atom is 0.140 e. The van der Waals surface area contributed by atoms with Crippen molar-refractivity contribution in [1.29, 1.82) is 0 Å². The summed E-state index contributed by atoms with van der Waals surface area (Å²) in [5.74, 6) is 0.905. The van der Waals surface area contributed by atoms with Crippen molar-refractivity contribution in [3.63, 3.8) is 0 Å². The number of methoxy groups -OCH3 is 1. The van der Waals surface area contributed by atoms with Gasteiger partial charge in [-0.1, -0.05) is 12.1 Å². The van der Waals surface area contributed by atoms with Gasteiger partial charge in [-0.3, -0.25) is 0 Å². The number of hydrogen-bond donors (Lipinski definition) is 1. The molecule has 2 aromatic rings. The molecular formula is C15H20N2O2S. The van der Waals surface area contributed by atoms with Crippen LogP contribution in [0.4, 0.5) is 0 Å². The van der Waals surface area contributed by atoms with Gasteiger partial charge in [-0.25, -0.2) is 4.98 Å². The molecule has 1 aromatic carbocycles. The third kappa shape index (κ3) is 3.56. The SMILES string of the molecule is COCc1nc(COc2cc(C)ccc2C)sc1CN. The molecule has 0 radical (unpaired) electrons. The second-order valence-corrected chi connectivity index (χ2v) is 5.84. The van der Waals surface area contributed by atoms with E-state index in [1.165, 1.54) is 5.56 Å². The van der Waals surface area contributed by atoms with E-state index in [9.17, 15) is 0 Å². The average Bonchev–Trinajstić information content (AvgIpc) is 2.82. The van der Waals surface area contributed by atoms with Crippen molar-refractivity contribution in [2.75, 3.05) is 7.11 Å². The second kappa shape index (κ2) is 6.83. The van der Waals surface area contributed by atoms with Crippen LogP contribution in [0, 0.1) is 13.8 Å². The first-order valence-electron chi connectivity index (χ1n) is 6.50. The van der Waals surface area contributed by atoms with Crippen molar-refractivity contribution >= 4 is 11.3 Å². The lowest BCUT2D eigenvalue weighted by atomic mass is 10.1. The minimum Gasteiger partial charge on any atom is -0.486 e. The van der Waals surface area contributed by atoms with E-state index in [0.717, 1.165) is 26.9 Å². The Morgan fingerprint density at radius 3 is 2.75 bits per heavy atom. The number of nitrogens with zero attached hydrogens (tertiary/aromatic N) is 1. The number of benzene rings is 1. The molecule has 108 valence electrons. The highest BCUT2D eigenvalue weighted by Gasteiger charge is 2.10. The third-order valence-corrected chi connectivity index (χ3v) is 4.08. The quantitative estimate of drug-likeness (QED) is 0.889. The fourth-order valence-corrected chi connectivity index (χ4v) is 2.77. The molecule has 0 atom stereocenters. The standard InChI is InChI=1S/C15H20N2O2S/c1-10-4-5-11(2)13(6-10)19-9-15-17-12(8-18-3)14(7-16)20-15/h4-6H,7-9,16H2,1-3H3. The zero-order valence-electron chi connectivity index (χ0n) is 12.1. The van der Waals surface area contributed by atoms with E-state index in [2.05, 4.69) is 24.0 Å². The Morgan fingerprint density at radius 2 is 2.05 bits per heavy atom. The zero-order valence-corrected chi connectivity index (χ0v) is 12.9. The van der Waals surface area contributed by atoms with Crippen LogP contribution in [0.3, 0.4) is 0 Å². The highest BCUT2D eigenvalue weighted by atomic mass is 32.1. The smallest absolute Gasteiger partial charge is 0.140 e. The first kappa shape index (κ1) is 15.0. The van der Waals surface area contributed by atoms with Crippen LogP contribution < -0.4 is 10.5 Å². The summed E-state index contributed by atoms with van der Waals surface area (Å²) in [6.45, 7) is 5.54. The molecule has 0 amide bonds. The summed E-state index contributed by atoms with van der Waals surface area (Å²) in [5.41, 5.74) is 8.95. The van der Waals surface area contributed by atoms with E-state index < -0.39 is 0 Å². The van der Waals surface area contributed by atoms with Gasteiger partial charge in [0.05, 0.1) is 12.3 Å². The molecule has 4 nitrogen and oxygen atoms in total. The van der Waals surface area contributed by atoms with Crippen LogP contribution in [0.5, 0.6) is 5.75 Å². The molecule has 0 aliphatic heterocycles. The predicted octanol–water partition coefficient (Wildman–Crippen LogP) is 2.94. The molecular weight excluding hydrogens is 272 g/mol. The summed E-state index contributed by atoms with van der Waals surface area (Å²) in [6.07, 6.45) is 0. The molecule has 5 heteroatoms. The minimum atomic E-state index is 0.464. The lowest BCUT2D eigenvalue weighted by Gasteiger charge is -2.08. The summed E-state index contributed by atoms with van der Waals surface area (Å²) in [6, 6.07) is 6.19. The van der Waals surface area contributed by atoms with Gasteiger partial charge in [-0.2, -0.15) is 0 Å². The summed E-state index contributed by atoms with van der Waals surface area (Å²) < 4.78 is 11.0. The molecule has 2 N–H and O–H groups in total. The molecule has 0 aliphatic rings. The fraction of sp³-hybridized carbons (Fsp3) is 0.400. The van der Waals surface area contributed by atoms with Crippen LogP contribution in [0.2, 0.25) is 0 Å². The van der Waals surface area contributed by atoms with Crippen molar-refractivity contribution in [3.05, 3.63) is 44.9 Å². The summed E-state index contributed by atoms with van der Waals surface area (Å²) in [4.78, 5) is 5.59. The molecule has 0 spiro atoms. The number of nitrogens with two attached hydrogens (primary N) is 1. The van der Waals surface area contributed by atoms with Crippen molar-refractivity contribution in [2.45, 2.75) is 33.6 Å². The van der Waals surface area contributed by atoms with Crippen LogP contribution in [0.15, 0.2) is 18.2 Å². The molecule has 0 saturated carbocycles. The molecule has 0 saturated heterocycles. The maximum atomic E-state index is 5.86. The number of aromatic nitrogens is 1. The third-order valence-electron chi connectivity index (χ3n) is 2.98. The Kier molecular flexibility index (Phi) is 5.11. The van der Waals surface area contributed by atoms with Gasteiger partial charge < -0.3 is 15.2 Å². The molecule has 1 heterocycles. The van der Waals surface area contributed by atoms with Crippen LogP contribution in [-0.2, 0) is 24.5 Å². The van der Waals surface area contributed by atoms with E-state index in [-0.39, 0.29) is 0 Å². The summed E-state index contributed by atoms with van der Waals surface area (Å²) >= 11 is 1.59. The van der Waals surface area contributed by atoms with Crippen molar-refractivity contribution in [1.82, 2.24) is 4.98 Å². The summed E-state index contributed by atoms with van der Waals surface area (Å²) in [5, 5.41) is 0.929. The van der Waals surface area contributed by atoms with Crippen LogP contribution in [0.1, 0.15) is 26.7 Å². The topological polar surface area (TPSA) is 57.4 Å². The number of aryl methyl sites for hydroxylation is 2. The number of rotatable bonds is 6. The van der Waals surface area contributed by atoms with Crippen LogP contribution >= 0.6 is 11.3 Å². The molecule has 0 fully saturated rings. The van der Waals surface area contributed by atoms with E-state index in [1.807, 2.05) is 13.0 Å². The van der Waals surface area contributed by atoms with Gasteiger partial charge in [0.1, 0.15) is 17.4 Å². The van der Waals surface area contributed by atoms with Gasteiger partial charge in [0.2, 0.25) is 0 Å². The summed E-state index contributed by atoms with van der Waals surface area (Å²) in [7, 11) is 1.66. The van der Waals surface area contributed by atoms with Gasteiger partial charge in [-0.05, 0) is 31.0 Å². The van der Waals surface area contributed by atoms with Gasteiger partial charge in [0.15, 0.2) is 0 Å². The minimum absolute atomic E-state index is 0.464. The van der Waals surface area contributed by atoms with Gasteiger partial charge >= 0.3 is 0 Å². The van der Waals surface area contributed by atoms with Crippen molar-refractivity contribution < 1.29 is 9.47 Å². The number of hydrogen-bond acceptors (Lipinski definition) is 5. The number of ether oxygens (including phenoxy) is 2. The van der Waals surface area contributed by atoms with Gasteiger partial charge in [-0.15, -0.1) is 11.3 Å². The maximum absolute atomic E-state index is 5.86. The first-order valence-corrected chi connectivity index (χ1v) is 7.32. The van der Waals surface area contributed by atoms with Crippen LogP contribution in [-0.4, -0.2) is 12.1 Å². The van der Waals surface area contributed by atoms with Gasteiger partial charge in [0.25, 0.3) is 0 Å². The fourth-order valence-electron chi connectivity index (χ4n) is 1.91. The van der Waals surface area contributed by atoms with E-state index in [1.54, 1.807) is 18.4 Å². The van der Waals surface area contributed by atoms with Crippen LogP contribution in [0.25, 0.3) is 0 Å². The predicted molar refractivity (Wildman–Crippen MR) is 81.0 cm³/mol. The second-order valence-electron chi connectivity index (χ2n) is 4.67. The lowest BCUT2D eigenvalue weighted by molar-refractivity contribution is 0.181. The Bertz CT molecular complexity index is 581. The molecule has 1 aromatic heterocycles. The Hall–Kier alpha value is -1.43. The van der Waals surface area contributed by atoms with E-state index >= 15 is 0 Å². The molecule has 2 rings (SSSR count). The highest BCUT2D eigenvalue weighted by molar-refractivity contribution is 7.11. The molecule has 20 heavy (non-hydrogen) atoms. The Balaban J connectivity index is 2.08. The number of thiazole rings is 1. The van der Waals surface area contributed by atoms with E-state index in [0.29, 0.717) is 19.8 Å². The Morgan fingerprint density at radius 1 is 1.25 bits per heavy atom. The van der Waals surface area contributed by atoms with Crippen molar-refractivity contribution in [2.24, 2.45) is 5.73 Å². The lowest BCUT2D eigenvalue weighted by Crippen LogP contribution is -2.00. The average molecular weight is 292 g/mol. The highest BCUT2D eigenvalue weighted by Crippen LogP contribution is 2.23. The Labute approximate surface area is 123 Å². The first-order chi connectivity index (χ1) is 9.63. The zero-order chi connectivity index (χ0) is 14.5. The molecule has 0 aliphatic carbocycles. The molecule has 0 unspecified atom stereocenters. The monoisotopic (exact) mass is 292 g/mol. The van der Waals surface area contributed by atoms with E-state index in [4.69, 9.17) is 15.2 Å². The van der Waals surface area contributed by atoms with Gasteiger partial charge in [0, 0.05) is 18.5 Å². The van der Waals surface area contributed by atoms with Crippen molar-refractivity contribution in [3.8, 4) is 5.75 Å². The molecule has 0 bridgehead atoms.